The molecule has 0 aliphatic carbocycles. The normalized spacial score (nSPS) is 13.1. The molecule has 0 aliphatic heterocycles. The Morgan fingerprint density at radius 3 is 2.53 bits per heavy atom. The molecule has 0 radical (unpaired) electrons. The maximum Gasteiger partial charge on any atom is 0.339 e. The van der Waals surface area contributed by atoms with Crippen LogP contribution in [-0.4, -0.2) is 32.4 Å². The predicted octanol–water partition coefficient (Wildman–Crippen LogP) is 1.13. The third kappa shape index (κ3) is 3.51. The standard InChI is InChI=1S/C12H15FO5S/c1-4-18-12(15)11(14)8-6-10(19(3,16)17)7(2)5-9(8)13/h5-6,11,14H,4H2,1-3H3. The molecule has 19 heavy (non-hydrogen) atoms. The monoisotopic (exact) mass is 290 g/mol. The van der Waals surface area contributed by atoms with Crippen LogP contribution < -0.4 is 0 Å². The summed E-state index contributed by atoms with van der Waals surface area (Å²) in [5.74, 6) is -1.88. The minimum atomic E-state index is -3.57. The van der Waals surface area contributed by atoms with Crippen LogP contribution in [0.5, 0.6) is 0 Å². The number of carbonyl (C=O) groups is 1. The van der Waals surface area contributed by atoms with Crippen molar-refractivity contribution in [3.05, 3.63) is 29.1 Å². The number of sulfone groups is 1. The highest BCUT2D eigenvalue weighted by Crippen LogP contribution is 2.25. The van der Waals surface area contributed by atoms with Gasteiger partial charge in [0.2, 0.25) is 0 Å². The summed E-state index contributed by atoms with van der Waals surface area (Å²) in [5, 5.41) is 9.67. The van der Waals surface area contributed by atoms with Crippen LogP contribution in [0.3, 0.4) is 0 Å². The summed E-state index contributed by atoms with van der Waals surface area (Å²) >= 11 is 0. The molecule has 106 valence electrons. The molecular formula is C12H15FO5S. The van der Waals surface area contributed by atoms with Crippen LogP contribution in [0.25, 0.3) is 0 Å². The Morgan fingerprint density at radius 1 is 1.47 bits per heavy atom. The van der Waals surface area contributed by atoms with E-state index in [1.54, 1.807) is 0 Å². The van der Waals surface area contributed by atoms with Gasteiger partial charge in [0.05, 0.1) is 11.5 Å². The fourth-order valence-electron chi connectivity index (χ4n) is 1.63. The molecule has 1 unspecified atom stereocenters. The lowest BCUT2D eigenvalue weighted by atomic mass is 10.1. The number of halogens is 1. The lowest BCUT2D eigenvalue weighted by molar-refractivity contribution is -0.153. The second kappa shape index (κ2) is 5.66. The van der Waals surface area contributed by atoms with Crippen molar-refractivity contribution in [1.29, 1.82) is 0 Å². The summed E-state index contributed by atoms with van der Waals surface area (Å²) in [7, 11) is -3.57. The van der Waals surface area contributed by atoms with Crippen LogP contribution in [0.4, 0.5) is 4.39 Å². The van der Waals surface area contributed by atoms with Gasteiger partial charge in [-0.2, -0.15) is 0 Å². The number of aryl methyl sites for hydroxylation is 1. The highest BCUT2D eigenvalue weighted by atomic mass is 32.2. The zero-order chi connectivity index (χ0) is 14.8. The zero-order valence-electron chi connectivity index (χ0n) is 10.8. The highest BCUT2D eigenvalue weighted by molar-refractivity contribution is 7.90. The van der Waals surface area contributed by atoms with Crippen LogP contribution in [0.1, 0.15) is 24.2 Å². The molecule has 1 N–H and O–H groups in total. The first-order valence-electron chi connectivity index (χ1n) is 5.53. The van der Waals surface area contributed by atoms with E-state index in [1.807, 2.05) is 0 Å². The molecule has 0 saturated carbocycles. The van der Waals surface area contributed by atoms with Gasteiger partial charge in [-0.15, -0.1) is 0 Å². The zero-order valence-corrected chi connectivity index (χ0v) is 11.6. The summed E-state index contributed by atoms with van der Waals surface area (Å²) in [5.41, 5.74) is -0.204. The van der Waals surface area contributed by atoms with Gasteiger partial charge in [0.1, 0.15) is 5.82 Å². The molecule has 0 aromatic heterocycles. The summed E-state index contributed by atoms with van der Waals surface area (Å²) in [4.78, 5) is 11.2. The lowest BCUT2D eigenvalue weighted by Gasteiger charge is -2.13. The fourth-order valence-corrected chi connectivity index (χ4v) is 2.61. The molecule has 5 nitrogen and oxygen atoms in total. The molecule has 1 rings (SSSR count). The van der Waals surface area contributed by atoms with E-state index in [2.05, 4.69) is 4.74 Å². The summed E-state index contributed by atoms with van der Waals surface area (Å²) in [6.45, 7) is 3.00. The maximum atomic E-state index is 13.7. The van der Waals surface area contributed by atoms with Crippen molar-refractivity contribution >= 4 is 15.8 Å². The Morgan fingerprint density at radius 2 is 2.05 bits per heavy atom. The van der Waals surface area contributed by atoms with Crippen LogP contribution in [-0.2, 0) is 19.4 Å². The van der Waals surface area contributed by atoms with E-state index in [1.165, 1.54) is 13.8 Å². The van der Waals surface area contributed by atoms with Gasteiger partial charge in [-0.05, 0) is 31.5 Å². The number of rotatable bonds is 4. The number of aliphatic hydroxyl groups excluding tert-OH is 1. The van der Waals surface area contributed by atoms with Crippen molar-refractivity contribution in [3.8, 4) is 0 Å². The van der Waals surface area contributed by atoms with Gasteiger partial charge in [0.25, 0.3) is 0 Å². The van der Waals surface area contributed by atoms with Crippen LogP contribution in [0, 0.1) is 12.7 Å². The van der Waals surface area contributed by atoms with Gasteiger partial charge in [-0.3, -0.25) is 0 Å². The minimum absolute atomic E-state index is 0.0301. The third-order valence-corrected chi connectivity index (χ3v) is 3.74. The number of carbonyl (C=O) groups excluding carboxylic acids is 1. The second-order valence-electron chi connectivity index (χ2n) is 4.07. The van der Waals surface area contributed by atoms with Crippen molar-refractivity contribution in [2.75, 3.05) is 12.9 Å². The van der Waals surface area contributed by atoms with Crippen molar-refractivity contribution in [1.82, 2.24) is 0 Å². The molecule has 1 atom stereocenters. The molecule has 1 aromatic rings. The molecular weight excluding hydrogens is 275 g/mol. The van der Waals surface area contributed by atoms with Crippen molar-refractivity contribution < 1.29 is 27.4 Å². The molecule has 1 aromatic carbocycles. The fraction of sp³-hybridized carbons (Fsp3) is 0.417. The number of esters is 1. The molecule has 0 aliphatic rings. The quantitative estimate of drug-likeness (QED) is 0.664. The van der Waals surface area contributed by atoms with Crippen molar-refractivity contribution in [2.24, 2.45) is 0 Å². The first kappa shape index (κ1) is 15.6. The smallest absolute Gasteiger partial charge is 0.339 e. The number of hydrogen-bond donors (Lipinski definition) is 1. The first-order valence-corrected chi connectivity index (χ1v) is 7.42. The Kier molecular flexibility index (Phi) is 4.65. The number of ether oxygens (including phenoxy) is 1. The topological polar surface area (TPSA) is 80.7 Å². The Hall–Kier alpha value is -1.47. The van der Waals surface area contributed by atoms with Crippen LogP contribution in [0.2, 0.25) is 0 Å². The largest absolute Gasteiger partial charge is 0.464 e. The highest BCUT2D eigenvalue weighted by Gasteiger charge is 2.25. The van der Waals surface area contributed by atoms with E-state index >= 15 is 0 Å². The first-order chi connectivity index (χ1) is 8.68. The van der Waals surface area contributed by atoms with E-state index in [0.29, 0.717) is 0 Å². The lowest BCUT2D eigenvalue weighted by Crippen LogP contribution is -2.17. The van der Waals surface area contributed by atoms with Crippen LogP contribution in [0.15, 0.2) is 17.0 Å². The van der Waals surface area contributed by atoms with Gasteiger partial charge < -0.3 is 9.84 Å². The van der Waals surface area contributed by atoms with Crippen molar-refractivity contribution in [3.63, 3.8) is 0 Å². The molecule has 0 bridgehead atoms. The van der Waals surface area contributed by atoms with E-state index in [0.717, 1.165) is 18.4 Å². The molecule has 0 fully saturated rings. The average molecular weight is 290 g/mol. The Balaban J connectivity index is 3.33. The summed E-state index contributed by atoms with van der Waals surface area (Å²) in [6.07, 6.45) is -0.880. The second-order valence-corrected chi connectivity index (χ2v) is 6.05. The SMILES string of the molecule is CCOC(=O)C(O)c1cc(S(C)(=O)=O)c(C)cc1F. The van der Waals surface area contributed by atoms with Crippen molar-refractivity contribution in [2.45, 2.75) is 24.8 Å². The Labute approximate surface area is 110 Å². The van der Waals surface area contributed by atoms with Gasteiger partial charge in [-0.1, -0.05) is 0 Å². The number of hydrogen-bond acceptors (Lipinski definition) is 5. The predicted molar refractivity (Wildman–Crippen MR) is 65.8 cm³/mol. The molecule has 7 heteroatoms. The summed E-state index contributed by atoms with van der Waals surface area (Å²) < 4.78 is 41.3. The minimum Gasteiger partial charge on any atom is -0.464 e. The van der Waals surface area contributed by atoms with Crippen LogP contribution >= 0.6 is 0 Å². The van der Waals surface area contributed by atoms with E-state index in [4.69, 9.17) is 0 Å². The number of aliphatic hydroxyl groups is 1. The molecule has 0 heterocycles. The third-order valence-electron chi connectivity index (χ3n) is 2.50. The molecule has 0 spiro atoms. The average Bonchev–Trinajstić information content (AvgIpc) is 2.26. The van der Waals surface area contributed by atoms with Gasteiger partial charge >= 0.3 is 5.97 Å². The molecule has 0 saturated heterocycles. The van der Waals surface area contributed by atoms with E-state index in [-0.39, 0.29) is 17.1 Å². The molecule has 0 amide bonds. The van der Waals surface area contributed by atoms with E-state index < -0.39 is 33.3 Å². The summed E-state index contributed by atoms with van der Waals surface area (Å²) in [6, 6.07) is 1.93. The number of benzene rings is 1. The van der Waals surface area contributed by atoms with E-state index in [9.17, 15) is 22.7 Å². The van der Waals surface area contributed by atoms with Gasteiger partial charge in [0, 0.05) is 11.8 Å². The van der Waals surface area contributed by atoms with Gasteiger partial charge in [0.15, 0.2) is 15.9 Å². The van der Waals surface area contributed by atoms with Gasteiger partial charge in [-0.25, -0.2) is 17.6 Å². The maximum absolute atomic E-state index is 13.7. The Bertz CT molecular complexity index is 594.